The fourth-order valence-corrected chi connectivity index (χ4v) is 3.94. The maximum atomic E-state index is 11.1. The van der Waals surface area contributed by atoms with Gasteiger partial charge in [0.15, 0.2) is 0 Å². The average Bonchev–Trinajstić information content (AvgIpc) is 2.26. The highest BCUT2D eigenvalue weighted by Crippen LogP contribution is 2.73. The Labute approximate surface area is 84.0 Å². The summed E-state index contributed by atoms with van der Waals surface area (Å²) in [4.78, 5) is 11.1. The molecule has 3 aliphatic carbocycles. The van der Waals surface area contributed by atoms with Crippen molar-refractivity contribution >= 4 is 5.97 Å². The molecule has 2 nitrogen and oxygen atoms in total. The first kappa shape index (κ1) is 8.51. The third kappa shape index (κ3) is 0.723. The van der Waals surface area contributed by atoms with Crippen molar-refractivity contribution in [2.24, 2.45) is 16.7 Å². The topological polar surface area (TPSA) is 37.3 Å². The minimum atomic E-state index is -0.577. The van der Waals surface area contributed by atoms with Crippen molar-refractivity contribution in [2.45, 2.75) is 38.5 Å². The molecule has 0 spiro atoms. The highest BCUT2D eigenvalue weighted by Gasteiger charge is 2.68. The maximum absolute atomic E-state index is 11.1. The number of aliphatic carboxylic acids is 1. The molecule has 76 valence electrons. The average molecular weight is 192 g/mol. The summed E-state index contributed by atoms with van der Waals surface area (Å²) in [6.45, 7) is 0. The zero-order valence-electron chi connectivity index (χ0n) is 8.33. The Balaban J connectivity index is 1.94. The molecule has 14 heavy (non-hydrogen) atoms. The molecule has 3 aliphatic rings. The van der Waals surface area contributed by atoms with Gasteiger partial charge in [-0.15, -0.1) is 0 Å². The van der Waals surface area contributed by atoms with Gasteiger partial charge in [-0.05, 0) is 24.7 Å². The number of allylic oxidation sites excluding steroid dienone is 2. The molecular formula is C12H16O2. The van der Waals surface area contributed by atoms with E-state index >= 15 is 0 Å². The maximum Gasteiger partial charge on any atom is 0.307 e. The van der Waals surface area contributed by atoms with E-state index in [1.54, 1.807) is 0 Å². The second-order valence-corrected chi connectivity index (χ2v) is 5.19. The fraction of sp³-hybridized carbons (Fsp3) is 0.750. The lowest BCUT2D eigenvalue weighted by Crippen LogP contribution is -2.63. The fourth-order valence-electron chi connectivity index (χ4n) is 3.94. The van der Waals surface area contributed by atoms with Crippen molar-refractivity contribution in [3.8, 4) is 0 Å². The van der Waals surface area contributed by atoms with Crippen LogP contribution in [0.5, 0.6) is 0 Å². The molecule has 0 amide bonds. The lowest BCUT2D eigenvalue weighted by molar-refractivity contribution is -0.173. The lowest BCUT2D eigenvalue weighted by atomic mass is 9.36. The van der Waals surface area contributed by atoms with Gasteiger partial charge in [0.25, 0.3) is 0 Å². The molecule has 0 aromatic rings. The lowest BCUT2D eigenvalue weighted by Gasteiger charge is -2.66. The minimum Gasteiger partial charge on any atom is -0.481 e. The zero-order chi connectivity index (χ0) is 9.81. The van der Waals surface area contributed by atoms with Gasteiger partial charge in [0.1, 0.15) is 0 Å². The Kier molecular flexibility index (Phi) is 1.47. The summed E-state index contributed by atoms with van der Waals surface area (Å²) in [5, 5.41) is 9.14. The molecular weight excluding hydrogens is 176 g/mol. The number of carboxylic acids is 1. The Morgan fingerprint density at radius 2 is 2.00 bits per heavy atom. The Hall–Kier alpha value is -0.790. The molecule has 3 rings (SSSR count). The molecule has 2 saturated carbocycles. The van der Waals surface area contributed by atoms with Crippen LogP contribution in [0.25, 0.3) is 0 Å². The summed E-state index contributed by atoms with van der Waals surface area (Å²) in [6, 6.07) is 0. The second-order valence-electron chi connectivity index (χ2n) is 5.19. The first-order chi connectivity index (χ1) is 6.70. The summed E-state index contributed by atoms with van der Waals surface area (Å²) in [5.41, 5.74) is 0.391. The predicted octanol–water partition coefficient (Wildman–Crippen LogP) is 2.60. The standard InChI is InChI=1S/C12H16O2/c13-10(14)9-8-11-4-2-1-3-5-12(9,11)7-6-11/h6-7,9H,1-5,8H2,(H,13,14)/t9-,11+,12-/m1/s1. The van der Waals surface area contributed by atoms with E-state index in [1.165, 1.54) is 25.7 Å². The predicted molar refractivity (Wildman–Crippen MR) is 52.8 cm³/mol. The molecule has 0 saturated heterocycles. The SMILES string of the molecule is O=C(O)[C@H]1C[C@]23C=C[C@]12CCCCC3. The van der Waals surface area contributed by atoms with Crippen LogP contribution < -0.4 is 0 Å². The quantitative estimate of drug-likeness (QED) is 0.648. The summed E-state index contributed by atoms with van der Waals surface area (Å²) in [6.07, 6.45) is 11.5. The molecule has 0 unspecified atom stereocenters. The summed E-state index contributed by atoms with van der Waals surface area (Å²) in [5.74, 6) is -0.655. The van der Waals surface area contributed by atoms with Crippen LogP contribution in [-0.4, -0.2) is 11.1 Å². The molecule has 3 atom stereocenters. The molecule has 0 aromatic heterocycles. The molecule has 0 bridgehead atoms. The Morgan fingerprint density at radius 3 is 2.64 bits per heavy atom. The minimum absolute atomic E-state index is 0.0781. The summed E-state index contributed by atoms with van der Waals surface area (Å²) < 4.78 is 0. The number of hydrogen-bond acceptors (Lipinski definition) is 1. The van der Waals surface area contributed by atoms with Gasteiger partial charge in [-0.25, -0.2) is 0 Å². The van der Waals surface area contributed by atoms with Gasteiger partial charge in [0.05, 0.1) is 5.92 Å². The van der Waals surface area contributed by atoms with E-state index in [0.29, 0.717) is 5.41 Å². The van der Waals surface area contributed by atoms with Gasteiger partial charge in [0.2, 0.25) is 0 Å². The smallest absolute Gasteiger partial charge is 0.307 e. The van der Waals surface area contributed by atoms with Crippen molar-refractivity contribution in [3.05, 3.63) is 12.2 Å². The monoisotopic (exact) mass is 192 g/mol. The summed E-state index contributed by atoms with van der Waals surface area (Å²) >= 11 is 0. The van der Waals surface area contributed by atoms with Crippen molar-refractivity contribution in [3.63, 3.8) is 0 Å². The van der Waals surface area contributed by atoms with Crippen LogP contribution in [0.3, 0.4) is 0 Å². The zero-order valence-corrected chi connectivity index (χ0v) is 8.33. The Morgan fingerprint density at radius 1 is 1.21 bits per heavy atom. The number of carbonyl (C=O) groups is 1. The molecule has 0 heterocycles. The van der Waals surface area contributed by atoms with Gasteiger partial charge < -0.3 is 5.11 Å². The highest BCUT2D eigenvalue weighted by atomic mass is 16.4. The summed E-state index contributed by atoms with van der Waals surface area (Å²) in [7, 11) is 0. The van der Waals surface area contributed by atoms with E-state index in [9.17, 15) is 4.79 Å². The third-order valence-electron chi connectivity index (χ3n) is 4.83. The van der Waals surface area contributed by atoms with E-state index in [2.05, 4.69) is 12.2 Å². The van der Waals surface area contributed by atoms with E-state index in [-0.39, 0.29) is 11.3 Å². The van der Waals surface area contributed by atoms with Crippen molar-refractivity contribution < 1.29 is 9.90 Å². The van der Waals surface area contributed by atoms with E-state index in [1.807, 2.05) is 0 Å². The normalized spacial score (nSPS) is 49.3. The molecule has 2 fully saturated rings. The molecule has 0 aromatic carbocycles. The van der Waals surface area contributed by atoms with Crippen molar-refractivity contribution in [1.29, 1.82) is 0 Å². The van der Waals surface area contributed by atoms with Crippen LogP contribution in [0.2, 0.25) is 0 Å². The number of hydrogen-bond donors (Lipinski definition) is 1. The second kappa shape index (κ2) is 2.41. The van der Waals surface area contributed by atoms with Gasteiger partial charge in [-0.3, -0.25) is 4.79 Å². The molecule has 2 heteroatoms. The van der Waals surface area contributed by atoms with Crippen molar-refractivity contribution in [1.82, 2.24) is 0 Å². The van der Waals surface area contributed by atoms with E-state index < -0.39 is 5.97 Å². The Bertz CT molecular complexity index is 320. The van der Waals surface area contributed by atoms with Crippen LogP contribution in [0, 0.1) is 16.7 Å². The largest absolute Gasteiger partial charge is 0.481 e. The van der Waals surface area contributed by atoms with Crippen LogP contribution in [-0.2, 0) is 4.79 Å². The van der Waals surface area contributed by atoms with Crippen LogP contribution in [0.4, 0.5) is 0 Å². The highest BCUT2D eigenvalue weighted by molar-refractivity contribution is 5.75. The molecule has 0 radical (unpaired) electrons. The van der Waals surface area contributed by atoms with Gasteiger partial charge in [-0.2, -0.15) is 0 Å². The van der Waals surface area contributed by atoms with Crippen molar-refractivity contribution in [2.75, 3.05) is 0 Å². The number of carboxylic acid groups (broad SMARTS) is 1. The van der Waals surface area contributed by atoms with Gasteiger partial charge >= 0.3 is 5.97 Å². The first-order valence-electron chi connectivity index (χ1n) is 5.63. The van der Waals surface area contributed by atoms with Crippen LogP contribution in [0.15, 0.2) is 12.2 Å². The first-order valence-corrected chi connectivity index (χ1v) is 5.63. The molecule has 1 N–H and O–H groups in total. The van der Waals surface area contributed by atoms with Crippen LogP contribution >= 0.6 is 0 Å². The van der Waals surface area contributed by atoms with Crippen LogP contribution in [0.1, 0.15) is 38.5 Å². The van der Waals surface area contributed by atoms with Gasteiger partial charge in [0, 0.05) is 5.41 Å². The third-order valence-corrected chi connectivity index (χ3v) is 4.83. The molecule has 0 aliphatic heterocycles. The van der Waals surface area contributed by atoms with E-state index in [4.69, 9.17) is 5.11 Å². The van der Waals surface area contributed by atoms with E-state index in [0.717, 1.165) is 12.8 Å². The van der Waals surface area contributed by atoms with Gasteiger partial charge in [-0.1, -0.05) is 31.4 Å². The number of rotatable bonds is 1.